The maximum atomic E-state index is 12.0. The molecule has 2 aromatic carbocycles. The molecular formula is C23H31ClN4O2. The number of aliphatic imine (C=N–C) groups is 1. The van der Waals surface area contributed by atoms with E-state index < -0.39 is 0 Å². The fourth-order valence-corrected chi connectivity index (χ4v) is 2.99. The molecule has 7 heteroatoms. The fourth-order valence-electron chi connectivity index (χ4n) is 2.76. The van der Waals surface area contributed by atoms with E-state index in [0.717, 1.165) is 42.3 Å². The Balaban J connectivity index is 1.80. The Morgan fingerprint density at radius 3 is 2.50 bits per heavy atom. The van der Waals surface area contributed by atoms with Crippen molar-refractivity contribution in [3.05, 3.63) is 64.2 Å². The zero-order valence-electron chi connectivity index (χ0n) is 18.2. The molecule has 162 valence electrons. The van der Waals surface area contributed by atoms with Crippen LogP contribution in [0.2, 0.25) is 5.02 Å². The van der Waals surface area contributed by atoms with Crippen molar-refractivity contribution >= 4 is 23.5 Å². The van der Waals surface area contributed by atoms with Crippen LogP contribution in [0.4, 0.5) is 0 Å². The van der Waals surface area contributed by atoms with Crippen molar-refractivity contribution < 1.29 is 9.53 Å². The van der Waals surface area contributed by atoms with Gasteiger partial charge in [-0.1, -0.05) is 23.7 Å². The van der Waals surface area contributed by atoms with E-state index in [0.29, 0.717) is 23.7 Å². The number of halogens is 1. The molecule has 0 unspecified atom stereocenters. The molecule has 6 nitrogen and oxygen atoms in total. The van der Waals surface area contributed by atoms with Crippen LogP contribution in [0, 0.1) is 6.92 Å². The molecule has 2 N–H and O–H groups in total. The van der Waals surface area contributed by atoms with E-state index in [-0.39, 0.29) is 5.91 Å². The third kappa shape index (κ3) is 7.59. The average molecular weight is 431 g/mol. The lowest BCUT2D eigenvalue weighted by molar-refractivity contribution is 0.0827. The minimum Gasteiger partial charge on any atom is -0.493 e. The van der Waals surface area contributed by atoms with Gasteiger partial charge in [0.2, 0.25) is 0 Å². The Hall–Kier alpha value is -2.73. The van der Waals surface area contributed by atoms with E-state index in [1.807, 2.05) is 56.3 Å². The first-order valence-corrected chi connectivity index (χ1v) is 10.5. The summed E-state index contributed by atoms with van der Waals surface area (Å²) in [6.07, 6.45) is 0.841. The van der Waals surface area contributed by atoms with Crippen LogP contribution in [-0.2, 0) is 6.54 Å². The number of nitrogens with zero attached hydrogens (tertiary/aromatic N) is 2. The lowest BCUT2D eigenvalue weighted by atomic mass is 10.1. The van der Waals surface area contributed by atoms with Crippen LogP contribution in [0.3, 0.4) is 0 Å². The van der Waals surface area contributed by atoms with Crippen molar-refractivity contribution in [3.63, 3.8) is 0 Å². The Morgan fingerprint density at radius 2 is 1.87 bits per heavy atom. The first-order chi connectivity index (χ1) is 14.4. The molecule has 0 aliphatic carbocycles. The van der Waals surface area contributed by atoms with E-state index in [4.69, 9.17) is 16.3 Å². The van der Waals surface area contributed by atoms with Gasteiger partial charge < -0.3 is 20.3 Å². The number of guanidine groups is 1. The Labute approximate surface area is 184 Å². The second-order valence-electron chi connectivity index (χ2n) is 7.13. The molecule has 0 spiro atoms. The number of nitrogens with one attached hydrogen (secondary N) is 2. The summed E-state index contributed by atoms with van der Waals surface area (Å²) in [5, 5.41) is 7.28. The summed E-state index contributed by atoms with van der Waals surface area (Å²) in [7, 11) is 3.49. The number of ether oxygens (including phenoxy) is 1. The monoisotopic (exact) mass is 430 g/mol. The number of aryl methyl sites for hydroxylation is 1. The molecular weight excluding hydrogens is 400 g/mol. The highest BCUT2D eigenvalue weighted by Gasteiger charge is 2.07. The van der Waals surface area contributed by atoms with Gasteiger partial charge in [-0.15, -0.1) is 0 Å². The van der Waals surface area contributed by atoms with Crippen molar-refractivity contribution in [2.24, 2.45) is 4.99 Å². The molecule has 0 saturated carbocycles. The molecule has 0 fully saturated rings. The number of carbonyl (C=O) groups is 1. The van der Waals surface area contributed by atoms with Crippen LogP contribution >= 0.6 is 11.6 Å². The zero-order chi connectivity index (χ0) is 21.9. The summed E-state index contributed by atoms with van der Waals surface area (Å²) in [4.78, 5) is 18.1. The Kier molecular flexibility index (Phi) is 9.48. The maximum absolute atomic E-state index is 12.0. The summed E-state index contributed by atoms with van der Waals surface area (Å²) in [5.74, 6) is 1.61. The van der Waals surface area contributed by atoms with Crippen molar-refractivity contribution in [1.82, 2.24) is 15.5 Å². The molecule has 2 aromatic rings. The van der Waals surface area contributed by atoms with Gasteiger partial charge in [-0.2, -0.15) is 0 Å². The molecule has 0 aliphatic rings. The number of carbonyl (C=O) groups excluding carboxylic acids is 1. The number of hydrogen-bond acceptors (Lipinski definition) is 3. The highest BCUT2D eigenvalue weighted by atomic mass is 35.5. The smallest absolute Gasteiger partial charge is 0.253 e. The van der Waals surface area contributed by atoms with Gasteiger partial charge in [0, 0.05) is 37.8 Å². The molecule has 0 saturated heterocycles. The average Bonchev–Trinajstić information content (AvgIpc) is 2.72. The van der Waals surface area contributed by atoms with Crippen LogP contribution in [0.25, 0.3) is 0 Å². The van der Waals surface area contributed by atoms with E-state index in [1.165, 1.54) is 0 Å². The lowest BCUT2D eigenvalue weighted by Gasteiger charge is -2.13. The minimum atomic E-state index is -0.00364. The number of rotatable bonds is 9. The second-order valence-corrected chi connectivity index (χ2v) is 7.57. The Bertz CT molecular complexity index is 851. The van der Waals surface area contributed by atoms with Gasteiger partial charge in [-0.3, -0.25) is 4.79 Å². The van der Waals surface area contributed by atoms with Crippen molar-refractivity contribution in [2.45, 2.75) is 26.8 Å². The normalized spacial score (nSPS) is 11.2. The lowest BCUT2D eigenvalue weighted by Crippen LogP contribution is -2.38. The second kappa shape index (κ2) is 12.1. The topological polar surface area (TPSA) is 66.0 Å². The molecule has 0 heterocycles. The van der Waals surface area contributed by atoms with Crippen LogP contribution in [0.1, 0.15) is 34.8 Å². The third-order valence-corrected chi connectivity index (χ3v) is 4.61. The largest absolute Gasteiger partial charge is 0.493 e. The summed E-state index contributed by atoms with van der Waals surface area (Å²) < 4.78 is 5.82. The maximum Gasteiger partial charge on any atom is 0.253 e. The van der Waals surface area contributed by atoms with Crippen molar-refractivity contribution in [2.75, 3.05) is 33.8 Å². The SMILES string of the molecule is CCNC(=NCc1ccc(C(=O)N(C)C)cc1)NCCCOc1ccc(Cl)cc1C. The minimum absolute atomic E-state index is 0.00364. The Morgan fingerprint density at radius 1 is 1.13 bits per heavy atom. The van der Waals surface area contributed by atoms with Crippen LogP contribution in [0.15, 0.2) is 47.5 Å². The molecule has 0 aliphatic heterocycles. The third-order valence-electron chi connectivity index (χ3n) is 4.38. The molecule has 2 rings (SSSR count). The predicted molar refractivity (Wildman–Crippen MR) is 124 cm³/mol. The summed E-state index contributed by atoms with van der Waals surface area (Å²) in [6.45, 7) is 6.68. The quantitative estimate of drug-likeness (QED) is 0.360. The van der Waals surface area contributed by atoms with E-state index in [2.05, 4.69) is 15.6 Å². The van der Waals surface area contributed by atoms with E-state index in [1.54, 1.807) is 19.0 Å². The summed E-state index contributed by atoms with van der Waals surface area (Å²) in [6, 6.07) is 13.2. The molecule has 0 bridgehead atoms. The molecule has 1 amide bonds. The van der Waals surface area contributed by atoms with Gasteiger partial charge in [0.1, 0.15) is 5.75 Å². The summed E-state index contributed by atoms with van der Waals surface area (Å²) >= 11 is 5.97. The number of hydrogen-bond donors (Lipinski definition) is 2. The van der Waals surface area contributed by atoms with Gasteiger partial charge in [0.05, 0.1) is 13.2 Å². The van der Waals surface area contributed by atoms with Crippen LogP contribution < -0.4 is 15.4 Å². The van der Waals surface area contributed by atoms with Crippen molar-refractivity contribution in [1.29, 1.82) is 0 Å². The van der Waals surface area contributed by atoms with Crippen LogP contribution in [0.5, 0.6) is 5.75 Å². The fraction of sp³-hybridized carbons (Fsp3) is 0.391. The van der Waals surface area contributed by atoms with Gasteiger partial charge in [-0.25, -0.2) is 4.99 Å². The van der Waals surface area contributed by atoms with Crippen LogP contribution in [-0.4, -0.2) is 50.6 Å². The highest BCUT2D eigenvalue weighted by Crippen LogP contribution is 2.21. The molecule has 0 radical (unpaired) electrons. The predicted octanol–water partition coefficient (Wildman–Crippen LogP) is 3.87. The van der Waals surface area contributed by atoms with E-state index >= 15 is 0 Å². The van der Waals surface area contributed by atoms with Gasteiger partial charge >= 0.3 is 0 Å². The summed E-state index contributed by atoms with van der Waals surface area (Å²) in [5.41, 5.74) is 2.75. The first-order valence-electron chi connectivity index (χ1n) is 10.1. The zero-order valence-corrected chi connectivity index (χ0v) is 18.9. The standard InChI is InChI=1S/C23H31ClN4O2/c1-5-25-23(26-13-6-14-30-21-12-11-20(24)15-17(21)2)27-16-18-7-9-19(10-8-18)22(29)28(3)4/h7-12,15H,5-6,13-14,16H2,1-4H3,(H2,25,26,27). The first kappa shape index (κ1) is 23.5. The number of benzene rings is 2. The molecule has 0 atom stereocenters. The molecule has 0 aromatic heterocycles. The molecule has 30 heavy (non-hydrogen) atoms. The number of amides is 1. The van der Waals surface area contributed by atoms with E-state index in [9.17, 15) is 4.79 Å². The van der Waals surface area contributed by atoms with Gasteiger partial charge in [0.15, 0.2) is 5.96 Å². The highest BCUT2D eigenvalue weighted by molar-refractivity contribution is 6.30. The van der Waals surface area contributed by atoms with Gasteiger partial charge in [-0.05, 0) is 61.7 Å². The van der Waals surface area contributed by atoms with Gasteiger partial charge in [0.25, 0.3) is 5.91 Å². The van der Waals surface area contributed by atoms with Crippen molar-refractivity contribution in [3.8, 4) is 5.75 Å².